The molecule has 2 aromatic carbocycles. The van der Waals surface area contributed by atoms with Crippen molar-refractivity contribution in [3.63, 3.8) is 0 Å². The Bertz CT molecular complexity index is 942. The third-order valence-electron chi connectivity index (χ3n) is 3.20. The summed E-state index contributed by atoms with van der Waals surface area (Å²) >= 11 is 5.89. The van der Waals surface area contributed by atoms with Crippen molar-refractivity contribution in [2.24, 2.45) is 0 Å². The van der Waals surface area contributed by atoms with Crippen LogP contribution in [0, 0.1) is 0 Å². The SMILES string of the molecule is CS(=O)(=O)c1cc(Cl)ccc1C=Cc1nc2ccccc2[nH]1. The molecular formula is C16H13ClN2O2S. The smallest absolute Gasteiger partial charge is 0.176 e. The van der Waals surface area contributed by atoms with Gasteiger partial charge in [-0.25, -0.2) is 13.4 Å². The minimum atomic E-state index is -3.35. The summed E-state index contributed by atoms with van der Waals surface area (Å²) in [5, 5.41) is 0.390. The minimum Gasteiger partial charge on any atom is -0.338 e. The van der Waals surface area contributed by atoms with Gasteiger partial charge in [0.15, 0.2) is 9.84 Å². The number of rotatable bonds is 3. The molecule has 0 radical (unpaired) electrons. The summed E-state index contributed by atoms with van der Waals surface area (Å²) < 4.78 is 23.7. The van der Waals surface area contributed by atoms with Crippen LogP contribution in [0.4, 0.5) is 0 Å². The zero-order valence-corrected chi connectivity index (χ0v) is 13.3. The van der Waals surface area contributed by atoms with Crippen molar-refractivity contribution >= 4 is 44.6 Å². The van der Waals surface area contributed by atoms with Gasteiger partial charge in [-0.15, -0.1) is 0 Å². The Morgan fingerprint density at radius 3 is 2.64 bits per heavy atom. The van der Waals surface area contributed by atoms with Crippen molar-refractivity contribution in [1.82, 2.24) is 9.97 Å². The molecule has 0 aliphatic carbocycles. The fourth-order valence-corrected chi connectivity index (χ4v) is 3.33. The van der Waals surface area contributed by atoms with Gasteiger partial charge in [0.05, 0.1) is 15.9 Å². The highest BCUT2D eigenvalue weighted by Crippen LogP contribution is 2.23. The first-order valence-corrected chi connectivity index (χ1v) is 8.83. The minimum absolute atomic E-state index is 0.201. The average Bonchev–Trinajstić information content (AvgIpc) is 2.87. The molecule has 0 unspecified atom stereocenters. The predicted molar refractivity (Wildman–Crippen MR) is 89.6 cm³/mol. The van der Waals surface area contributed by atoms with Crippen molar-refractivity contribution in [3.05, 3.63) is 58.9 Å². The maximum Gasteiger partial charge on any atom is 0.176 e. The molecule has 0 aliphatic rings. The van der Waals surface area contributed by atoms with Gasteiger partial charge in [-0.05, 0) is 42.0 Å². The van der Waals surface area contributed by atoms with Crippen LogP contribution in [0.15, 0.2) is 47.4 Å². The molecule has 112 valence electrons. The number of fused-ring (bicyclic) bond motifs is 1. The standard InChI is InChI=1S/C16H13ClN2O2S/c1-22(20,21)15-10-12(17)8-6-11(15)7-9-16-18-13-4-2-3-5-14(13)19-16/h2-10H,1H3,(H,18,19). The van der Waals surface area contributed by atoms with E-state index >= 15 is 0 Å². The summed E-state index contributed by atoms with van der Waals surface area (Å²) in [7, 11) is -3.35. The number of nitrogens with one attached hydrogen (secondary N) is 1. The van der Waals surface area contributed by atoms with E-state index in [4.69, 9.17) is 11.6 Å². The van der Waals surface area contributed by atoms with Crippen molar-refractivity contribution in [1.29, 1.82) is 0 Å². The van der Waals surface area contributed by atoms with E-state index < -0.39 is 9.84 Å². The van der Waals surface area contributed by atoms with E-state index in [1.807, 2.05) is 24.3 Å². The number of nitrogens with zero attached hydrogens (tertiary/aromatic N) is 1. The van der Waals surface area contributed by atoms with Crippen LogP contribution in [0.5, 0.6) is 0 Å². The van der Waals surface area contributed by atoms with E-state index in [0.717, 1.165) is 17.3 Å². The maximum absolute atomic E-state index is 11.8. The fourth-order valence-electron chi connectivity index (χ4n) is 2.19. The van der Waals surface area contributed by atoms with Crippen LogP contribution < -0.4 is 0 Å². The topological polar surface area (TPSA) is 62.8 Å². The fraction of sp³-hybridized carbons (Fsp3) is 0.0625. The predicted octanol–water partition coefficient (Wildman–Crippen LogP) is 3.79. The molecule has 1 N–H and O–H groups in total. The highest BCUT2D eigenvalue weighted by atomic mass is 35.5. The quantitative estimate of drug-likeness (QED) is 0.793. The van der Waals surface area contributed by atoms with Crippen LogP contribution in [0.1, 0.15) is 11.4 Å². The maximum atomic E-state index is 11.8. The average molecular weight is 333 g/mol. The molecule has 0 fully saturated rings. The summed E-state index contributed by atoms with van der Waals surface area (Å²) in [6.45, 7) is 0. The normalized spacial score (nSPS) is 12.3. The number of aromatic amines is 1. The van der Waals surface area contributed by atoms with Gasteiger partial charge in [-0.1, -0.05) is 29.8 Å². The van der Waals surface area contributed by atoms with Gasteiger partial charge < -0.3 is 4.98 Å². The van der Waals surface area contributed by atoms with E-state index in [9.17, 15) is 8.42 Å². The van der Waals surface area contributed by atoms with Gasteiger partial charge >= 0.3 is 0 Å². The molecule has 1 aromatic heterocycles. The van der Waals surface area contributed by atoms with E-state index in [1.165, 1.54) is 6.07 Å². The lowest BCUT2D eigenvalue weighted by atomic mass is 10.2. The number of sulfone groups is 1. The summed E-state index contributed by atoms with van der Waals surface area (Å²) in [5.74, 6) is 0.663. The monoisotopic (exact) mass is 332 g/mol. The Labute approximate surface area is 133 Å². The molecule has 3 rings (SSSR count). The molecule has 0 aliphatic heterocycles. The van der Waals surface area contributed by atoms with Crippen molar-refractivity contribution in [3.8, 4) is 0 Å². The highest BCUT2D eigenvalue weighted by molar-refractivity contribution is 7.90. The van der Waals surface area contributed by atoms with Crippen molar-refractivity contribution in [2.75, 3.05) is 6.26 Å². The lowest BCUT2D eigenvalue weighted by Gasteiger charge is -2.04. The third kappa shape index (κ3) is 3.05. The summed E-state index contributed by atoms with van der Waals surface area (Å²) in [5.41, 5.74) is 2.37. The largest absolute Gasteiger partial charge is 0.338 e. The summed E-state index contributed by atoms with van der Waals surface area (Å²) in [4.78, 5) is 7.78. The molecule has 0 bridgehead atoms. The van der Waals surface area contributed by atoms with E-state index in [-0.39, 0.29) is 4.90 Å². The van der Waals surface area contributed by atoms with E-state index in [2.05, 4.69) is 9.97 Å². The zero-order chi connectivity index (χ0) is 15.7. The second-order valence-corrected chi connectivity index (χ2v) is 7.35. The Balaban J connectivity index is 2.02. The Kier molecular flexibility index (Phi) is 3.76. The van der Waals surface area contributed by atoms with Crippen LogP contribution in [0.25, 0.3) is 23.2 Å². The molecule has 1 heterocycles. The molecule has 0 atom stereocenters. The number of aromatic nitrogens is 2. The van der Waals surface area contributed by atoms with Crippen molar-refractivity contribution < 1.29 is 8.42 Å². The lowest BCUT2D eigenvalue weighted by molar-refractivity contribution is 0.601. The van der Waals surface area contributed by atoms with Crippen LogP contribution in [-0.2, 0) is 9.84 Å². The Hall–Kier alpha value is -2.11. The number of benzene rings is 2. The Morgan fingerprint density at radius 2 is 1.91 bits per heavy atom. The van der Waals surface area contributed by atoms with Crippen molar-refractivity contribution in [2.45, 2.75) is 4.90 Å². The number of hydrogen-bond acceptors (Lipinski definition) is 3. The number of para-hydroxylation sites is 2. The first kappa shape index (κ1) is 14.8. The van der Waals surface area contributed by atoms with Gasteiger partial charge in [0, 0.05) is 11.3 Å². The van der Waals surface area contributed by atoms with Gasteiger partial charge in [-0.3, -0.25) is 0 Å². The molecule has 0 spiro atoms. The molecular weight excluding hydrogens is 320 g/mol. The molecule has 6 heteroatoms. The second kappa shape index (κ2) is 5.59. The highest BCUT2D eigenvalue weighted by Gasteiger charge is 2.12. The third-order valence-corrected chi connectivity index (χ3v) is 4.59. The number of H-pyrrole nitrogens is 1. The summed E-state index contributed by atoms with van der Waals surface area (Å²) in [6, 6.07) is 12.5. The molecule has 22 heavy (non-hydrogen) atoms. The first-order chi connectivity index (χ1) is 10.4. The van der Waals surface area contributed by atoms with Crippen LogP contribution in [-0.4, -0.2) is 24.6 Å². The van der Waals surface area contributed by atoms with Gasteiger partial charge in [-0.2, -0.15) is 0 Å². The van der Waals surface area contributed by atoms with E-state index in [1.54, 1.807) is 24.3 Å². The number of halogens is 1. The number of hydrogen-bond donors (Lipinski definition) is 1. The van der Waals surface area contributed by atoms with Crippen LogP contribution in [0.3, 0.4) is 0 Å². The van der Waals surface area contributed by atoms with Gasteiger partial charge in [0.1, 0.15) is 5.82 Å². The molecule has 0 saturated carbocycles. The second-order valence-electron chi connectivity index (χ2n) is 4.93. The summed E-state index contributed by atoms with van der Waals surface area (Å²) in [6.07, 6.45) is 4.62. The lowest BCUT2D eigenvalue weighted by Crippen LogP contribution is -1.99. The molecule has 4 nitrogen and oxygen atoms in total. The zero-order valence-electron chi connectivity index (χ0n) is 11.7. The van der Waals surface area contributed by atoms with Crippen LogP contribution >= 0.6 is 11.6 Å². The van der Waals surface area contributed by atoms with E-state index in [0.29, 0.717) is 16.4 Å². The molecule has 0 amide bonds. The number of imidazole rings is 1. The van der Waals surface area contributed by atoms with Gasteiger partial charge in [0.25, 0.3) is 0 Å². The first-order valence-electron chi connectivity index (χ1n) is 6.56. The van der Waals surface area contributed by atoms with Gasteiger partial charge in [0.2, 0.25) is 0 Å². The molecule has 0 saturated heterocycles. The Morgan fingerprint density at radius 1 is 1.14 bits per heavy atom. The van der Waals surface area contributed by atoms with Crippen LogP contribution in [0.2, 0.25) is 5.02 Å². The molecule has 3 aromatic rings.